The molecule has 0 heterocycles. The van der Waals surface area contributed by atoms with Gasteiger partial charge in [-0.3, -0.25) is 4.79 Å². The third-order valence-electron chi connectivity index (χ3n) is 1.60. The first kappa shape index (κ1) is 18.8. The van der Waals surface area contributed by atoms with Gasteiger partial charge in [0, 0.05) is 12.1 Å². The number of nitrogens with one attached hydrogen (secondary N) is 2. The fraction of sp³-hybridized carbons (Fsp3) is 0.818. The lowest BCUT2D eigenvalue weighted by Crippen LogP contribution is -2.42. The summed E-state index contributed by atoms with van der Waals surface area (Å²) in [7, 11) is 0. The van der Waals surface area contributed by atoms with Crippen LogP contribution in [0.25, 0.3) is 0 Å². The van der Waals surface area contributed by atoms with Crippen LogP contribution in [-0.2, 0) is 4.79 Å². The molecule has 0 atom stereocenters. The fourth-order valence-electron chi connectivity index (χ4n) is 0.979. The number of hydrogen-bond acceptors (Lipinski definition) is 2. The van der Waals surface area contributed by atoms with Gasteiger partial charge in [-0.25, -0.2) is 4.99 Å². The molecule has 0 aromatic heterocycles. The van der Waals surface area contributed by atoms with Crippen LogP contribution in [-0.4, -0.2) is 30.5 Å². The van der Waals surface area contributed by atoms with Crippen LogP contribution in [0.2, 0.25) is 0 Å². The number of amides is 1. The molecule has 0 saturated carbocycles. The van der Waals surface area contributed by atoms with E-state index >= 15 is 0 Å². The smallest absolute Gasteiger partial charge is 0.242 e. The minimum absolute atomic E-state index is 0. The van der Waals surface area contributed by atoms with Crippen LogP contribution in [0.3, 0.4) is 0 Å². The van der Waals surface area contributed by atoms with E-state index < -0.39 is 0 Å². The van der Waals surface area contributed by atoms with Crippen LogP contribution >= 0.6 is 24.0 Å². The van der Waals surface area contributed by atoms with Crippen molar-refractivity contribution in [2.45, 2.75) is 40.2 Å². The minimum atomic E-state index is -0.229. The highest BCUT2D eigenvalue weighted by Crippen LogP contribution is 1.97. The van der Waals surface area contributed by atoms with Gasteiger partial charge in [0.05, 0.1) is 0 Å². The summed E-state index contributed by atoms with van der Waals surface area (Å²) >= 11 is 0. The maximum Gasteiger partial charge on any atom is 0.242 e. The van der Waals surface area contributed by atoms with Crippen LogP contribution in [0.4, 0.5) is 0 Å². The first-order valence-corrected chi connectivity index (χ1v) is 5.55. The van der Waals surface area contributed by atoms with E-state index in [9.17, 15) is 4.79 Å². The molecule has 0 aliphatic carbocycles. The average molecular weight is 356 g/mol. The van der Waals surface area contributed by atoms with Crippen molar-refractivity contribution in [1.82, 2.24) is 10.6 Å². The molecule has 0 saturated heterocycles. The minimum Gasteiger partial charge on any atom is -0.370 e. The van der Waals surface area contributed by atoms with E-state index in [2.05, 4.69) is 29.5 Å². The normalized spacial score (nSPS) is 12.0. The summed E-state index contributed by atoms with van der Waals surface area (Å²) in [6, 6.07) is 0. The fourth-order valence-corrected chi connectivity index (χ4v) is 0.979. The molecule has 0 aliphatic heterocycles. The van der Waals surface area contributed by atoms with Crippen molar-refractivity contribution in [3.05, 3.63) is 0 Å². The molecule has 0 rings (SSSR count). The second-order valence-electron chi connectivity index (χ2n) is 5.27. The van der Waals surface area contributed by atoms with Crippen molar-refractivity contribution < 1.29 is 4.79 Å². The number of carbonyl (C=O) groups is 1. The number of aliphatic imine (C=N–C) groups is 1. The Morgan fingerprint density at radius 2 is 1.88 bits per heavy atom. The third-order valence-corrected chi connectivity index (χ3v) is 1.60. The Kier molecular flexibility index (Phi) is 9.46. The molecule has 0 spiro atoms. The molecular formula is C11H25IN4O. The molecule has 5 nitrogen and oxygen atoms in total. The number of rotatable bonds is 4. The monoisotopic (exact) mass is 356 g/mol. The third kappa shape index (κ3) is 13.4. The lowest BCUT2D eigenvalue weighted by molar-refractivity contribution is -0.121. The lowest BCUT2D eigenvalue weighted by Gasteiger charge is -2.19. The van der Waals surface area contributed by atoms with Gasteiger partial charge in [0.15, 0.2) is 5.96 Å². The van der Waals surface area contributed by atoms with Crippen LogP contribution in [0.1, 0.15) is 34.6 Å². The van der Waals surface area contributed by atoms with Gasteiger partial charge >= 0.3 is 0 Å². The Bertz CT molecular complexity index is 259. The summed E-state index contributed by atoms with van der Waals surface area (Å²) in [5.41, 5.74) is 5.36. The molecule has 0 unspecified atom stereocenters. The number of carbonyl (C=O) groups excluding carboxylic acids is 1. The van der Waals surface area contributed by atoms with Crippen molar-refractivity contribution in [1.29, 1.82) is 0 Å². The summed E-state index contributed by atoms with van der Waals surface area (Å²) in [6.07, 6.45) is 0. The predicted octanol–water partition coefficient (Wildman–Crippen LogP) is 1.08. The Morgan fingerprint density at radius 3 is 2.29 bits per heavy atom. The average Bonchev–Trinajstić information content (AvgIpc) is 2.08. The Morgan fingerprint density at radius 1 is 1.35 bits per heavy atom. The zero-order valence-electron chi connectivity index (χ0n) is 11.3. The molecule has 0 aliphatic rings. The first-order chi connectivity index (χ1) is 7.20. The van der Waals surface area contributed by atoms with E-state index in [4.69, 9.17) is 5.73 Å². The highest BCUT2D eigenvalue weighted by molar-refractivity contribution is 14.0. The van der Waals surface area contributed by atoms with Gasteiger partial charge < -0.3 is 16.4 Å². The van der Waals surface area contributed by atoms with Gasteiger partial charge in [0.2, 0.25) is 5.91 Å². The zero-order valence-corrected chi connectivity index (χ0v) is 13.7. The molecule has 4 N–H and O–H groups in total. The molecule has 102 valence electrons. The van der Waals surface area contributed by atoms with Crippen LogP contribution < -0.4 is 16.4 Å². The number of guanidine groups is 1. The maximum absolute atomic E-state index is 11.4. The highest BCUT2D eigenvalue weighted by atomic mass is 127. The van der Waals surface area contributed by atoms with Gasteiger partial charge in [0.1, 0.15) is 6.54 Å². The molecular weight excluding hydrogens is 331 g/mol. The van der Waals surface area contributed by atoms with Crippen LogP contribution in [0.15, 0.2) is 4.99 Å². The number of nitrogens with zero attached hydrogens (tertiary/aromatic N) is 1. The standard InChI is InChI=1S/C11H24N4O.HI/c1-8(2)6-13-10(12)14-7-9(16)15-11(3,4)5;/h8H,6-7H2,1-5H3,(H,15,16)(H3,12,13,14);1H. The Labute approximate surface area is 121 Å². The molecule has 0 aromatic carbocycles. The van der Waals surface area contributed by atoms with Gasteiger partial charge in [-0.2, -0.15) is 0 Å². The van der Waals surface area contributed by atoms with Gasteiger partial charge in [0.25, 0.3) is 0 Å². The Balaban J connectivity index is 0. The van der Waals surface area contributed by atoms with Crippen LogP contribution in [0, 0.1) is 5.92 Å². The summed E-state index contributed by atoms with van der Waals surface area (Å²) in [6.45, 7) is 10.8. The van der Waals surface area contributed by atoms with Gasteiger partial charge in [-0.05, 0) is 26.7 Å². The topological polar surface area (TPSA) is 79.5 Å². The first-order valence-electron chi connectivity index (χ1n) is 5.55. The highest BCUT2D eigenvalue weighted by Gasteiger charge is 2.12. The van der Waals surface area contributed by atoms with E-state index in [0.717, 1.165) is 6.54 Å². The van der Waals surface area contributed by atoms with Gasteiger partial charge in [-0.1, -0.05) is 13.8 Å². The van der Waals surface area contributed by atoms with Crippen molar-refractivity contribution in [3.8, 4) is 0 Å². The molecule has 1 amide bonds. The van der Waals surface area contributed by atoms with Crippen molar-refractivity contribution >= 4 is 35.8 Å². The quantitative estimate of drug-likeness (QED) is 0.401. The number of nitrogens with two attached hydrogens (primary N) is 1. The molecule has 0 fully saturated rings. The van der Waals surface area contributed by atoms with Crippen molar-refractivity contribution in [2.75, 3.05) is 13.1 Å². The Hall–Kier alpha value is -0.530. The SMILES string of the molecule is CC(C)CNC(N)=NCC(=O)NC(C)(C)C.I. The van der Waals surface area contributed by atoms with Crippen molar-refractivity contribution in [2.24, 2.45) is 16.6 Å². The number of hydrogen-bond donors (Lipinski definition) is 3. The zero-order chi connectivity index (χ0) is 12.8. The molecule has 17 heavy (non-hydrogen) atoms. The van der Waals surface area contributed by atoms with E-state index in [1.165, 1.54) is 0 Å². The van der Waals surface area contributed by atoms with E-state index in [1.807, 2.05) is 20.8 Å². The molecule has 6 heteroatoms. The molecule has 0 bridgehead atoms. The number of halogens is 1. The summed E-state index contributed by atoms with van der Waals surface area (Å²) in [5.74, 6) is 0.691. The molecule has 0 aromatic rings. The van der Waals surface area contributed by atoms with Gasteiger partial charge in [-0.15, -0.1) is 24.0 Å². The second kappa shape index (κ2) is 8.54. The summed E-state index contributed by atoms with van der Waals surface area (Å²) < 4.78 is 0. The second-order valence-corrected chi connectivity index (χ2v) is 5.27. The van der Waals surface area contributed by atoms with E-state index in [0.29, 0.717) is 11.9 Å². The van der Waals surface area contributed by atoms with E-state index in [-0.39, 0.29) is 42.0 Å². The molecule has 0 radical (unpaired) electrons. The van der Waals surface area contributed by atoms with E-state index in [1.54, 1.807) is 0 Å². The predicted molar refractivity (Wildman–Crippen MR) is 82.6 cm³/mol. The summed E-state index contributed by atoms with van der Waals surface area (Å²) in [4.78, 5) is 15.4. The van der Waals surface area contributed by atoms with Crippen LogP contribution in [0.5, 0.6) is 0 Å². The lowest BCUT2D eigenvalue weighted by atomic mass is 10.1. The van der Waals surface area contributed by atoms with Crippen molar-refractivity contribution in [3.63, 3.8) is 0 Å². The summed E-state index contributed by atoms with van der Waals surface area (Å²) in [5, 5.41) is 5.76. The largest absolute Gasteiger partial charge is 0.370 e. The maximum atomic E-state index is 11.4.